The number of likely N-dealkylation sites (tertiary alicyclic amines) is 1. The number of aromatic nitrogens is 4. The average molecular weight is 505 g/mol. The van der Waals surface area contributed by atoms with E-state index in [1.807, 2.05) is 29.8 Å². The SMILES string of the molecule is CN1CCC/C(=C/c2cc(Cl)nc(N3Cc4ccc(C5(Cc6nncn6C)COC5)cc4C3=O)c2)C1. The van der Waals surface area contributed by atoms with Gasteiger partial charge in [0.2, 0.25) is 0 Å². The summed E-state index contributed by atoms with van der Waals surface area (Å²) in [5.74, 6) is 1.44. The standard InChI is InChI=1S/C27H29ClN6O2/c1-32-7-3-4-18(13-32)8-19-9-23(28)30-24(10-19)34-14-20-5-6-21(11-22(20)26(34)35)27(15-36-16-27)12-25-31-29-17-33(25)2/h5-6,8-11,17H,3-4,7,12-16H2,1-2H3/b18-8-. The lowest BCUT2D eigenvalue weighted by Crippen LogP contribution is -2.49. The second-order valence-corrected chi connectivity index (χ2v) is 10.7. The second kappa shape index (κ2) is 9.10. The number of anilines is 1. The number of carbonyl (C=O) groups excluding carboxylic acids is 1. The van der Waals surface area contributed by atoms with Crippen LogP contribution in [0.1, 0.15) is 45.7 Å². The molecular weight excluding hydrogens is 476 g/mol. The Bertz CT molecular complexity index is 1360. The van der Waals surface area contributed by atoms with E-state index >= 15 is 0 Å². The van der Waals surface area contributed by atoms with Crippen molar-refractivity contribution in [3.05, 3.63) is 75.5 Å². The summed E-state index contributed by atoms with van der Waals surface area (Å²) < 4.78 is 7.56. The second-order valence-electron chi connectivity index (χ2n) is 10.3. The Kier molecular flexibility index (Phi) is 5.90. The Balaban J connectivity index is 1.28. The van der Waals surface area contributed by atoms with Gasteiger partial charge in [-0.15, -0.1) is 10.2 Å². The topological polar surface area (TPSA) is 76.4 Å². The van der Waals surface area contributed by atoms with Gasteiger partial charge in [0.15, 0.2) is 0 Å². The quantitative estimate of drug-likeness (QED) is 0.494. The fourth-order valence-electron chi connectivity index (χ4n) is 5.46. The van der Waals surface area contributed by atoms with Crippen LogP contribution in [0.3, 0.4) is 0 Å². The van der Waals surface area contributed by atoms with Crippen molar-refractivity contribution < 1.29 is 9.53 Å². The summed E-state index contributed by atoms with van der Waals surface area (Å²) in [7, 11) is 4.08. The number of fused-ring (bicyclic) bond motifs is 1. The third kappa shape index (κ3) is 4.23. The van der Waals surface area contributed by atoms with Gasteiger partial charge in [0, 0.05) is 31.0 Å². The Morgan fingerprint density at radius 3 is 2.75 bits per heavy atom. The zero-order chi connectivity index (χ0) is 24.9. The minimum Gasteiger partial charge on any atom is -0.379 e. The highest BCUT2D eigenvalue weighted by Crippen LogP contribution is 2.38. The maximum atomic E-state index is 13.6. The zero-order valence-electron chi connectivity index (χ0n) is 20.6. The first-order chi connectivity index (χ1) is 17.4. The van der Waals surface area contributed by atoms with E-state index in [1.54, 1.807) is 11.2 Å². The van der Waals surface area contributed by atoms with E-state index in [0.717, 1.165) is 48.4 Å². The highest BCUT2D eigenvalue weighted by atomic mass is 35.5. The van der Waals surface area contributed by atoms with Crippen LogP contribution in [0.15, 0.2) is 42.2 Å². The number of hydrogen-bond acceptors (Lipinski definition) is 6. The summed E-state index contributed by atoms with van der Waals surface area (Å²) in [6.07, 6.45) is 6.84. The molecule has 3 aromatic rings. The van der Waals surface area contributed by atoms with Gasteiger partial charge in [-0.2, -0.15) is 0 Å². The summed E-state index contributed by atoms with van der Waals surface area (Å²) in [5.41, 5.74) is 4.95. The molecule has 0 spiro atoms. The predicted molar refractivity (Wildman–Crippen MR) is 138 cm³/mol. The van der Waals surface area contributed by atoms with Crippen LogP contribution in [0.25, 0.3) is 6.08 Å². The molecule has 0 N–H and O–H groups in total. The minimum atomic E-state index is -0.204. The molecule has 2 aromatic heterocycles. The highest BCUT2D eigenvalue weighted by molar-refractivity contribution is 6.29. The molecule has 0 radical (unpaired) electrons. The third-order valence-corrected chi connectivity index (χ3v) is 7.74. The van der Waals surface area contributed by atoms with Gasteiger partial charge in [-0.05, 0) is 61.3 Å². The summed E-state index contributed by atoms with van der Waals surface area (Å²) in [6.45, 7) is 3.74. The monoisotopic (exact) mass is 504 g/mol. The Morgan fingerprint density at radius 1 is 1.17 bits per heavy atom. The van der Waals surface area contributed by atoms with Crippen LogP contribution in [0.5, 0.6) is 0 Å². The molecule has 2 saturated heterocycles. The van der Waals surface area contributed by atoms with Gasteiger partial charge < -0.3 is 14.2 Å². The molecule has 6 rings (SSSR count). The lowest BCUT2D eigenvalue weighted by atomic mass is 9.75. The van der Waals surface area contributed by atoms with Gasteiger partial charge in [0.1, 0.15) is 23.1 Å². The number of carbonyl (C=O) groups is 1. The number of pyridine rings is 1. The van der Waals surface area contributed by atoms with Crippen LogP contribution < -0.4 is 4.90 Å². The van der Waals surface area contributed by atoms with Crippen molar-refractivity contribution in [1.82, 2.24) is 24.6 Å². The smallest absolute Gasteiger partial charge is 0.260 e. The van der Waals surface area contributed by atoms with Crippen LogP contribution >= 0.6 is 11.6 Å². The number of aryl methyl sites for hydroxylation is 1. The van der Waals surface area contributed by atoms with E-state index in [1.165, 1.54) is 5.57 Å². The molecule has 9 heteroatoms. The predicted octanol–water partition coefficient (Wildman–Crippen LogP) is 3.64. The van der Waals surface area contributed by atoms with E-state index < -0.39 is 0 Å². The molecule has 5 heterocycles. The van der Waals surface area contributed by atoms with Crippen molar-refractivity contribution in [1.29, 1.82) is 0 Å². The molecule has 3 aliphatic rings. The molecule has 0 unspecified atom stereocenters. The van der Waals surface area contributed by atoms with Gasteiger partial charge >= 0.3 is 0 Å². The number of nitrogens with zero attached hydrogens (tertiary/aromatic N) is 6. The maximum Gasteiger partial charge on any atom is 0.260 e. The largest absolute Gasteiger partial charge is 0.379 e. The molecule has 8 nitrogen and oxygen atoms in total. The number of likely N-dealkylation sites (N-methyl/N-ethyl adjacent to an activating group) is 1. The molecule has 0 bridgehead atoms. The number of halogens is 1. The van der Waals surface area contributed by atoms with Crippen LogP contribution in [0, 0.1) is 0 Å². The fraction of sp³-hybridized carbons (Fsp3) is 0.407. The normalized spacial score (nSPS) is 20.6. The van der Waals surface area contributed by atoms with Gasteiger partial charge in [-0.25, -0.2) is 4.98 Å². The van der Waals surface area contributed by atoms with Crippen molar-refractivity contribution in [2.45, 2.75) is 31.2 Å². The van der Waals surface area contributed by atoms with Crippen LogP contribution in [-0.2, 0) is 30.2 Å². The van der Waals surface area contributed by atoms with E-state index in [9.17, 15) is 4.79 Å². The summed E-state index contributed by atoms with van der Waals surface area (Å²) in [4.78, 5) is 22.1. The number of ether oxygens (including phenoxy) is 1. The van der Waals surface area contributed by atoms with Crippen molar-refractivity contribution in [3.63, 3.8) is 0 Å². The molecule has 2 fully saturated rings. The van der Waals surface area contributed by atoms with Gasteiger partial charge in [-0.1, -0.05) is 35.4 Å². The lowest BCUT2D eigenvalue weighted by Gasteiger charge is -2.41. The van der Waals surface area contributed by atoms with Gasteiger partial charge in [0.05, 0.1) is 19.8 Å². The maximum absolute atomic E-state index is 13.6. The summed E-state index contributed by atoms with van der Waals surface area (Å²) in [5, 5.41) is 8.67. The zero-order valence-corrected chi connectivity index (χ0v) is 21.3. The fourth-order valence-corrected chi connectivity index (χ4v) is 5.68. The van der Waals surface area contributed by atoms with Crippen molar-refractivity contribution in [2.75, 3.05) is 38.3 Å². The first-order valence-corrected chi connectivity index (χ1v) is 12.7. The summed E-state index contributed by atoms with van der Waals surface area (Å²) >= 11 is 6.41. The molecule has 1 aromatic carbocycles. The molecular formula is C27H29ClN6O2. The van der Waals surface area contributed by atoms with Gasteiger partial charge in [-0.3, -0.25) is 9.69 Å². The molecule has 0 aliphatic carbocycles. The number of amides is 1. The third-order valence-electron chi connectivity index (χ3n) is 7.55. The number of piperidine rings is 1. The van der Waals surface area contributed by atoms with Crippen molar-refractivity contribution in [3.8, 4) is 0 Å². The number of benzene rings is 1. The molecule has 0 saturated carbocycles. The molecule has 186 valence electrons. The molecule has 0 atom stereocenters. The van der Waals surface area contributed by atoms with E-state index in [-0.39, 0.29) is 11.3 Å². The Hall–Kier alpha value is -3.07. The summed E-state index contributed by atoms with van der Waals surface area (Å²) in [6, 6.07) is 10.0. The van der Waals surface area contributed by atoms with Crippen molar-refractivity contribution >= 4 is 29.4 Å². The van der Waals surface area contributed by atoms with Crippen LogP contribution in [0.2, 0.25) is 5.15 Å². The van der Waals surface area contributed by atoms with E-state index in [4.69, 9.17) is 16.3 Å². The Labute approximate surface area is 215 Å². The first kappa shape index (κ1) is 23.3. The number of rotatable bonds is 5. The number of hydrogen-bond donors (Lipinski definition) is 0. The van der Waals surface area contributed by atoms with Crippen LogP contribution in [-0.4, -0.2) is 63.9 Å². The van der Waals surface area contributed by atoms with E-state index in [0.29, 0.717) is 42.7 Å². The van der Waals surface area contributed by atoms with Gasteiger partial charge in [0.25, 0.3) is 5.91 Å². The highest BCUT2D eigenvalue weighted by Gasteiger charge is 2.43. The molecule has 36 heavy (non-hydrogen) atoms. The molecule has 1 amide bonds. The first-order valence-electron chi connectivity index (χ1n) is 12.3. The average Bonchev–Trinajstić information content (AvgIpc) is 3.38. The van der Waals surface area contributed by atoms with Crippen molar-refractivity contribution in [2.24, 2.45) is 7.05 Å². The Morgan fingerprint density at radius 2 is 2.03 bits per heavy atom. The molecule has 3 aliphatic heterocycles. The lowest BCUT2D eigenvalue weighted by molar-refractivity contribution is -0.0611. The van der Waals surface area contributed by atoms with Crippen LogP contribution in [0.4, 0.5) is 5.82 Å². The van der Waals surface area contributed by atoms with E-state index in [2.05, 4.69) is 45.3 Å². The minimum absolute atomic E-state index is 0.0494.